The zero-order valence-corrected chi connectivity index (χ0v) is 16.4. The number of hydrogen-bond donors (Lipinski definition) is 0. The van der Waals surface area contributed by atoms with Crippen LogP contribution in [-0.4, -0.2) is 40.1 Å². The monoisotopic (exact) mass is 387 g/mol. The molecule has 0 unspecified atom stereocenters. The Morgan fingerprint density at radius 3 is 2.85 bits per heavy atom. The summed E-state index contributed by atoms with van der Waals surface area (Å²) in [5.74, 6) is 0.786. The number of aromatic nitrogens is 2. The maximum absolute atomic E-state index is 13.8. The number of thioether (sulfide) groups is 1. The summed E-state index contributed by atoms with van der Waals surface area (Å²) in [5, 5.41) is 0. The van der Waals surface area contributed by atoms with Crippen molar-refractivity contribution in [3.63, 3.8) is 0 Å². The van der Waals surface area contributed by atoms with Gasteiger partial charge in [-0.25, -0.2) is 9.37 Å². The second kappa shape index (κ2) is 8.43. The number of ether oxygens (including phenoxy) is 1. The van der Waals surface area contributed by atoms with E-state index in [4.69, 9.17) is 4.74 Å². The molecule has 1 aromatic carbocycles. The molecule has 0 atom stereocenters. The smallest absolute Gasteiger partial charge is 0.232 e. The number of amides is 1. The molecule has 2 aromatic heterocycles. The number of benzene rings is 1. The van der Waals surface area contributed by atoms with Gasteiger partial charge in [-0.15, -0.1) is 11.8 Å². The minimum absolute atomic E-state index is 0.00386. The molecule has 0 spiro atoms. The van der Waals surface area contributed by atoms with Crippen LogP contribution >= 0.6 is 11.8 Å². The maximum Gasteiger partial charge on any atom is 0.232 e. The van der Waals surface area contributed by atoms with E-state index in [-0.39, 0.29) is 11.7 Å². The van der Waals surface area contributed by atoms with E-state index in [2.05, 4.69) is 4.98 Å². The van der Waals surface area contributed by atoms with Crippen molar-refractivity contribution in [2.45, 2.75) is 19.2 Å². The van der Waals surface area contributed by atoms with Crippen molar-refractivity contribution in [1.82, 2.24) is 14.3 Å². The Balaban J connectivity index is 1.51. The summed E-state index contributed by atoms with van der Waals surface area (Å²) in [6.07, 6.45) is 4.02. The molecule has 0 aliphatic rings. The van der Waals surface area contributed by atoms with Gasteiger partial charge in [-0.3, -0.25) is 4.79 Å². The lowest BCUT2D eigenvalue weighted by Crippen LogP contribution is -2.27. The fraction of sp³-hybridized carbons (Fsp3) is 0.300. The third-order valence-electron chi connectivity index (χ3n) is 4.19. The van der Waals surface area contributed by atoms with Gasteiger partial charge in [0, 0.05) is 31.7 Å². The van der Waals surface area contributed by atoms with Gasteiger partial charge in [0.15, 0.2) is 11.6 Å². The van der Waals surface area contributed by atoms with Crippen LogP contribution in [0.2, 0.25) is 0 Å². The summed E-state index contributed by atoms with van der Waals surface area (Å²) >= 11 is 1.52. The number of nitrogens with zero attached hydrogens (tertiary/aromatic N) is 3. The van der Waals surface area contributed by atoms with Gasteiger partial charge in [-0.05, 0) is 36.2 Å². The molecule has 2 heterocycles. The van der Waals surface area contributed by atoms with Gasteiger partial charge in [0.05, 0.1) is 18.6 Å². The van der Waals surface area contributed by atoms with Crippen LogP contribution in [0.5, 0.6) is 5.75 Å². The summed E-state index contributed by atoms with van der Waals surface area (Å²) in [7, 11) is 3.15. The minimum atomic E-state index is -0.424. The number of imidazole rings is 1. The molecule has 7 heteroatoms. The van der Waals surface area contributed by atoms with Crippen molar-refractivity contribution in [2.24, 2.45) is 0 Å². The molecule has 142 valence electrons. The van der Waals surface area contributed by atoms with Crippen LogP contribution in [0, 0.1) is 12.7 Å². The SMILES string of the molecule is COc1ccc(CN(C)C(=O)CSCc2cn3cc(C)ccc3n2)cc1F. The van der Waals surface area contributed by atoms with Gasteiger partial charge in [0.1, 0.15) is 5.65 Å². The minimum Gasteiger partial charge on any atom is -0.494 e. The highest BCUT2D eigenvalue weighted by molar-refractivity contribution is 7.99. The Morgan fingerprint density at radius 2 is 2.11 bits per heavy atom. The molecule has 5 nitrogen and oxygen atoms in total. The third kappa shape index (κ3) is 4.80. The fourth-order valence-electron chi connectivity index (χ4n) is 2.75. The van der Waals surface area contributed by atoms with E-state index in [1.165, 1.54) is 30.5 Å². The number of methoxy groups -OCH3 is 1. The molecule has 0 aliphatic carbocycles. The van der Waals surface area contributed by atoms with E-state index in [1.807, 2.05) is 35.9 Å². The first kappa shape index (κ1) is 19.2. The number of pyridine rings is 1. The predicted octanol–water partition coefficient (Wildman–Crippen LogP) is 3.68. The Morgan fingerprint density at radius 1 is 1.30 bits per heavy atom. The first-order valence-corrected chi connectivity index (χ1v) is 9.70. The largest absolute Gasteiger partial charge is 0.494 e. The number of hydrogen-bond acceptors (Lipinski definition) is 4. The molecule has 1 amide bonds. The van der Waals surface area contributed by atoms with Crippen LogP contribution in [0.15, 0.2) is 42.7 Å². The molecule has 0 saturated carbocycles. The quantitative estimate of drug-likeness (QED) is 0.620. The highest BCUT2D eigenvalue weighted by atomic mass is 32.2. The van der Waals surface area contributed by atoms with E-state index >= 15 is 0 Å². The van der Waals surface area contributed by atoms with E-state index in [0.29, 0.717) is 18.1 Å². The Labute approximate surface area is 162 Å². The van der Waals surface area contributed by atoms with Gasteiger partial charge >= 0.3 is 0 Å². The Bertz CT molecular complexity index is 958. The molecule has 3 aromatic rings. The molecular formula is C20H22FN3O2S. The highest BCUT2D eigenvalue weighted by Gasteiger charge is 2.12. The molecule has 0 radical (unpaired) electrons. The third-order valence-corrected chi connectivity index (χ3v) is 5.14. The maximum atomic E-state index is 13.8. The van der Waals surface area contributed by atoms with Gasteiger partial charge in [0.25, 0.3) is 0 Å². The van der Waals surface area contributed by atoms with Crippen LogP contribution < -0.4 is 4.74 Å². The van der Waals surface area contributed by atoms with Gasteiger partial charge in [-0.2, -0.15) is 0 Å². The van der Waals surface area contributed by atoms with Crippen LogP contribution in [0.3, 0.4) is 0 Å². The van der Waals surface area contributed by atoms with E-state index in [1.54, 1.807) is 24.1 Å². The predicted molar refractivity (Wildman–Crippen MR) is 106 cm³/mol. The zero-order chi connectivity index (χ0) is 19.4. The van der Waals surface area contributed by atoms with Crippen molar-refractivity contribution < 1.29 is 13.9 Å². The fourth-order valence-corrected chi connectivity index (χ4v) is 3.59. The van der Waals surface area contributed by atoms with E-state index in [0.717, 1.165) is 16.9 Å². The molecule has 0 fully saturated rings. The second-order valence-corrected chi connectivity index (χ2v) is 7.40. The standard InChI is InChI=1S/C20H22FN3O2S/c1-14-4-7-19-22-16(11-24(19)9-14)12-27-13-20(25)23(2)10-15-5-6-18(26-3)17(21)8-15/h4-9,11H,10,12-13H2,1-3H3. The lowest BCUT2D eigenvalue weighted by atomic mass is 10.2. The number of aryl methyl sites for hydroxylation is 1. The number of carbonyl (C=O) groups excluding carboxylic acids is 1. The number of rotatable bonds is 7. The van der Waals surface area contributed by atoms with Crippen molar-refractivity contribution in [3.8, 4) is 5.75 Å². The average molecular weight is 387 g/mol. The average Bonchev–Trinajstić information content (AvgIpc) is 3.03. The normalized spacial score (nSPS) is 11.0. The van der Waals surface area contributed by atoms with Gasteiger partial charge in [0.2, 0.25) is 5.91 Å². The number of halogens is 1. The molecule has 0 aliphatic heterocycles. The van der Waals surface area contributed by atoms with Crippen LogP contribution in [0.25, 0.3) is 5.65 Å². The van der Waals surface area contributed by atoms with Gasteiger partial charge < -0.3 is 14.0 Å². The van der Waals surface area contributed by atoms with Gasteiger partial charge in [-0.1, -0.05) is 12.1 Å². The second-order valence-electron chi connectivity index (χ2n) is 6.42. The van der Waals surface area contributed by atoms with Crippen LogP contribution in [-0.2, 0) is 17.1 Å². The first-order valence-electron chi connectivity index (χ1n) is 8.54. The van der Waals surface area contributed by atoms with Crippen LogP contribution in [0.4, 0.5) is 4.39 Å². The lowest BCUT2D eigenvalue weighted by Gasteiger charge is -2.17. The zero-order valence-electron chi connectivity index (χ0n) is 15.6. The van der Waals surface area contributed by atoms with Crippen molar-refractivity contribution >= 4 is 23.3 Å². The van der Waals surface area contributed by atoms with Crippen molar-refractivity contribution in [2.75, 3.05) is 19.9 Å². The summed E-state index contributed by atoms with van der Waals surface area (Å²) in [5.41, 5.74) is 3.75. The topological polar surface area (TPSA) is 46.8 Å². The number of carbonyl (C=O) groups is 1. The Kier molecular flexibility index (Phi) is 6.01. The van der Waals surface area contributed by atoms with E-state index < -0.39 is 5.82 Å². The Hall–Kier alpha value is -2.54. The molecule has 0 saturated heterocycles. The van der Waals surface area contributed by atoms with Crippen LogP contribution in [0.1, 0.15) is 16.8 Å². The molecule has 27 heavy (non-hydrogen) atoms. The summed E-state index contributed by atoms with van der Waals surface area (Å²) in [6, 6.07) is 8.74. The summed E-state index contributed by atoms with van der Waals surface area (Å²) in [6.45, 7) is 2.39. The molecule has 0 N–H and O–H groups in total. The van der Waals surface area contributed by atoms with E-state index in [9.17, 15) is 9.18 Å². The molecule has 0 bridgehead atoms. The highest BCUT2D eigenvalue weighted by Crippen LogP contribution is 2.19. The van der Waals surface area contributed by atoms with Crippen molar-refractivity contribution in [3.05, 3.63) is 65.4 Å². The summed E-state index contributed by atoms with van der Waals surface area (Å²) in [4.78, 5) is 18.5. The first-order chi connectivity index (χ1) is 13.0. The lowest BCUT2D eigenvalue weighted by molar-refractivity contribution is -0.127. The molecule has 3 rings (SSSR count). The molecular weight excluding hydrogens is 365 g/mol. The number of fused-ring (bicyclic) bond motifs is 1. The summed E-state index contributed by atoms with van der Waals surface area (Å²) < 4.78 is 20.7. The van der Waals surface area contributed by atoms with Crippen molar-refractivity contribution in [1.29, 1.82) is 0 Å².